The minimum atomic E-state index is -4.49. The molecule has 0 fully saturated rings. The number of rotatable bonds is 7. The molecule has 1 aromatic heterocycles. The molecule has 3 aromatic rings. The van der Waals surface area contributed by atoms with E-state index in [0.29, 0.717) is 16.8 Å². The van der Waals surface area contributed by atoms with E-state index in [0.717, 1.165) is 12.1 Å². The predicted molar refractivity (Wildman–Crippen MR) is 118 cm³/mol. The molecule has 0 aliphatic rings. The third kappa shape index (κ3) is 6.03. The molecule has 0 saturated carbocycles. The van der Waals surface area contributed by atoms with E-state index >= 15 is 0 Å². The van der Waals surface area contributed by atoms with Crippen molar-refractivity contribution in [2.75, 3.05) is 19.0 Å². The van der Waals surface area contributed by atoms with Crippen LogP contribution in [0.25, 0.3) is 0 Å². The lowest BCUT2D eigenvalue weighted by molar-refractivity contribution is -0.137. The number of Topliss-reactive ketones (excluding diaryl/α,β-unsaturated/α-hetero) is 1. The highest BCUT2D eigenvalue weighted by Gasteiger charge is 2.30. The molecule has 34 heavy (non-hydrogen) atoms. The van der Waals surface area contributed by atoms with Gasteiger partial charge in [0, 0.05) is 37.7 Å². The summed E-state index contributed by atoms with van der Waals surface area (Å²) in [6.45, 7) is -0.112. The van der Waals surface area contributed by atoms with Crippen LogP contribution in [0.5, 0.6) is 0 Å². The van der Waals surface area contributed by atoms with Gasteiger partial charge in [0.15, 0.2) is 5.82 Å². The molecule has 0 saturated heterocycles. The molecule has 0 aliphatic carbocycles. The molecule has 0 radical (unpaired) electrons. The Kier molecular flexibility index (Phi) is 7.40. The van der Waals surface area contributed by atoms with E-state index in [2.05, 4.69) is 9.97 Å². The van der Waals surface area contributed by atoms with Crippen molar-refractivity contribution in [1.29, 1.82) is 0 Å². The van der Waals surface area contributed by atoms with Crippen LogP contribution in [0.4, 0.5) is 18.9 Å². The number of ketones is 1. The van der Waals surface area contributed by atoms with Crippen LogP contribution in [0, 0.1) is 0 Å². The zero-order valence-corrected chi connectivity index (χ0v) is 18.4. The molecule has 3 rings (SSSR count). The molecule has 0 spiro atoms. The summed E-state index contributed by atoms with van der Waals surface area (Å²) in [7, 11) is 3.16. The van der Waals surface area contributed by atoms with E-state index in [-0.39, 0.29) is 18.3 Å². The van der Waals surface area contributed by atoms with Gasteiger partial charge in [-0.3, -0.25) is 14.4 Å². The standard InChI is InChI=1S/C24H21F3N4O3/c1-30(2)23(34)17-5-3-6-19(13-17)31(15-16-7-9-18(10-8-16)24(25,26)27)21(33)14-20(32)22-28-11-4-12-29-22/h3-13H,14-15H2,1-2H3. The van der Waals surface area contributed by atoms with Crippen LogP contribution >= 0.6 is 0 Å². The first-order chi connectivity index (χ1) is 16.1. The number of hydrogen-bond acceptors (Lipinski definition) is 5. The fourth-order valence-corrected chi connectivity index (χ4v) is 3.13. The molecule has 176 valence electrons. The van der Waals surface area contributed by atoms with Gasteiger partial charge >= 0.3 is 6.18 Å². The highest BCUT2D eigenvalue weighted by molar-refractivity contribution is 6.10. The second-order valence-corrected chi connectivity index (χ2v) is 7.60. The summed E-state index contributed by atoms with van der Waals surface area (Å²) in [5.41, 5.74) is 0.225. The number of aromatic nitrogens is 2. The molecule has 0 bridgehead atoms. The molecule has 2 amide bonds. The Morgan fingerprint density at radius 3 is 2.15 bits per heavy atom. The number of halogens is 3. The molecule has 2 aromatic carbocycles. The van der Waals surface area contributed by atoms with Crippen LogP contribution in [-0.2, 0) is 17.5 Å². The first-order valence-corrected chi connectivity index (χ1v) is 10.1. The Balaban J connectivity index is 1.93. The van der Waals surface area contributed by atoms with Crippen molar-refractivity contribution < 1.29 is 27.6 Å². The molecule has 0 N–H and O–H groups in total. The largest absolute Gasteiger partial charge is 0.416 e. The van der Waals surface area contributed by atoms with E-state index < -0.39 is 29.9 Å². The SMILES string of the molecule is CN(C)C(=O)c1cccc(N(Cc2ccc(C(F)(F)F)cc2)C(=O)CC(=O)c2ncccn2)c1. The van der Waals surface area contributed by atoms with Crippen LogP contribution in [0.15, 0.2) is 67.0 Å². The monoisotopic (exact) mass is 470 g/mol. The zero-order valence-electron chi connectivity index (χ0n) is 18.4. The summed E-state index contributed by atoms with van der Waals surface area (Å²) in [6, 6.07) is 12.1. The Bertz CT molecular complexity index is 1180. The summed E-state index contributed by atoms with van der Waals surface area (Å²) in [6.07, 6.45) is -2.30. The fraction of sp³-hybridized carbons (Fsp3) is 0.208. The lowest BCUT2D eigenvalue weighted by atomic mass is 10.1. The van der Waals surface area contributed by atoms with E-state index in [4.69, 9.17) is 0 Å². The summed E-state index contributed by atoms with van der Waals surface area (Å²) in [5.74, 6) is -1.64. The van der Waals surface area contributed by atoms with Crippen LogP contribution < -0.4 is 4.90 Å². The van der Waals surface area contributed by atoms with Gasteiger partial charge in [-0.25, -0.2) is 9.97 Å². The van der Waals surface area contributed by atoms with Crippen molar-refractivity contribution in [3.05, 3.63) is 89.5 Å². The van der Waals surface area contributed by atoms with Crippen molar-refractivity contribution in [2.45, 2.75) is 19.1 Å². The van der Waals surface area contributed by atoms with Crippen molar-refractivity contribution >= 4 is 23.3 Å². The first kappa shape index (κ1) is 24.6. The van der Waals surface area contributed by atoms with Crippen LogP contribution in [0.1, 0.15) is 38.5 Å². The van der Waals surface area contributed by atoms with Gasteiger partial charge < -0.3 is 9.80 Å². The second kappa shape index (κ2) is 10.2. The molecule has 7 nitrogen and oxygen atoms in total. The lowest BCUT2D eigenvalue weighted by Crippen LogP contribution is -2.32. The minimum Gasteiger partial charge on any atom is -0.345 e. The van der Waals surface area contributed by atoms with Gasteiger partial charge in [0.2, 0.25) is 11.7 Å². The van der Waals surface area contributed by atoms with Gasteiger partial charge in [-0.2, -0.15) is 13.2 Å². The van der Waals surface area contributed by atoms with Crippen LogP contribution in [-0.4, -0.2) is 46.6 Å². The van der Waals surface area contributed by atoms with Crippen molar-refractivity contribution in [3.63, 3.8) is 0 Å². The number of nitrogens with zero attached hydrogens (tertiary/aromatic N) is 4. The maximum Gasteiger partial charge on any atom is 0.416 e. The molecule has 0 unspecified atom stereocenters. The van der Waals surface area contributed by atoms with Crippen LogP contribution in [0.2, 0.25) is 0 Å². The van der Waals surface area contributed by atoms with Gasteiger partial charge in [0.25, 0.3) is 5.91 Å². The molecule has 10 heteroatoms. The van der Waals surface area contributed by atoms with Gasteiger partial charge in [0.05, 0.1) is 18.5 Å². The van der Waals surface area contributed by atoms with Gasteiger partial charge in [-0.05, 0) is 42.0 Å². The van der Waals surface area contributed by atoms with E-state index in [1.165, 1.54) is 46.5 Å². The number of carbonyl (C=O) groups is 3. The molecule has 0 atom stereocenters. The third-order valence-electron chi connectivity index (χ3n) is 4.86. The number of anilines is 1. The van der Waals surface area contributed by atoms with Gasteiger partial charge in [-0.15, -0.1) is 0 Å². The Labute approximate surface area is 193 Å². The highest BCUT2D eigenvalue weighted by Crippen LogP contribution is 2.29. The number of alkyl halides is 3. The van der Waals surface area contributed by atoms with Crippen molar-refractivity contribution in [2.24, 2.45) is 0 Å². The summed E-state index contributed by atoms with van der Waals surface area (Å²) in [5, 5.41) is 0. The Morgan fingerprint density at radius 2 is 1.56 bits per heavy atom. The summed E-state index contributed by atoms with van der Waals surface area (Å²) < 4.78 is 38.7. The van der Waals surface area contributed by atoms with Crippen molar-refractivity contribution in [3.8, 4) is 0 Å². The lowest BCUT2D eigenvalue weighted by Gasteiger charge is -2.24. The summed E-state index contributed by atoms with van der Waals surface area (Å²) in [4.78, 5) is 48.4. The molecule has 1 heterocycles. The maximum atomic E-state index is 13.1. The number of hydrogen-bond donors (Lipinski definition) is 0. The Hall–Kier alpha value is -4.08. The predicted octanol–water partition coefficient (Wildman–Crippen LogP) is 4.00. The van der Waals surface area contributed by atoms with Crippen LogP contribution in [0.3, 0.4) is 0 Å². The number of benzene rings is 2. The first-order valence-electron chi connectivity index (χ1n) is 10.1. The van der Waals surface area contributed by atoms with Gasteiger partial charge in [-0.1, -0.05) is 18.2 Å². The van der Waals surface area contributed by atoms with E-state index in [1.807, 2.05) is 0 Å². The average molecular weight is 470 g/mol. The minimum absolute atomic E-state index is 0.112. The van der Waals surface area contributed by atoms with Crippen molar-refractivity contribution in [1.82, 2.24) is 14.9 Å². The molecular weight excluding hydrogens is 449 g/mol. The quantitative estimate of drug-likeness (QED) is 0.385. The van der Waals surface area contributed by atoms with Gasteiger partial charge in [0.1, 0.15) is 0 Å². The molecule has 0 aliphatic heterocycles. The number of carbonyl (C=O) groups excluding carboxylic acids is 3. The number of amides is 2. The zero-order chi connectivity index (χ0) is 24.9. The van der Waals surface area contributed by atoms with E-state index in [9.17, 15) is 27.6 Å². The Morgan fingerprint density at radius 1 is 0.912 bits per heavy atom. The average Bonchev–Trinajstić information content (AvgIpc) is 2.82. The smallest absolute Gasteiger partial charge is 0.345 e. The normalized spacial score (nSPS) is 11.1. The topological polar surface area (TPSA) is 83.5 Å². The molecular formula is C24H21F3N4O3. The van der Waals surface area contributed by atoms with E-state index in [1.54, 1.807) is 32.3 Å². The highest BCUT2D eigenvalue weighted by atomic mass is 19.4. The summed E-state index contributed by atoms with van der Waals surface area (Å²) >= 11 is 0. The fourth-order valence-electron chi connectivity index (χ4n) is 3.13. The second-order valence-electron chi connectivity index (χ2n) is 7.60. The maximum absolute atomic E-state index is 13.1. The third-order valence-corrected chi connectivity index (χ3v) is 4.86.